The lowest BCUT2D eigenvalue weighted by molar-refractivity contribution is 0.101. The van der Waals surface area contributed by atoms with Crippen molar-refractivity contribution in [3.8, 4) is 11.5 Å². The molecular weight excluding hydrogens is 306 g/mol. The number of rotatable bonds is 2. The molecule has 0 aliphatic carbocycles. The first kappa shape index (κ1) is 15.8. The van der Waals surface area contributed by atoms with Gasteiger partial charge in [-0.15, -0.1) is 0 Å². The average molecular weight is 323 g/mol. The highest BCUT2D eigenvalue weighted by Crippen LogP contribution is 2.35. The molecule has 3 rings (SSSR count). The van der Waals surface area contributed by atoms with E-state index in [0.29, 0.717) is 17.1 Å². The van der Waals surface area contributed by atoms with Gasteiger partial charge in [0.15, 0.2) is 5.76 Å². The van der Waals surface area contributed by atoms with Crippen LogP contribution in [0, 0.1) is 6.92 Å². The summed E-state index contributed by atoms with van der Waals surface area (Å²) in [5.74, 6) is 0.801. The van der Waals surface area contributed by atoms with Crippen LogP contribution in [-0.2, 0) is 0 Å². The quantitative estimate of drug-likeness (QED) is 0.791. The molecule has 0 fully saturated rings. The van der Waals surface area contributed by atoms with Gasteiger partial charge in [0.2, 0.25) is 5.78 Å². The maximum absolute atomic E-state index is 12.4. The molecule has 0 N–H and O–H groups in total. The number of hydrogen-bond acceptors (Lipinski definition) is 4. The molecule has 2 aromatic carbocycles. The Morgan fingerprint density at radius 1 is 1.17 bits per heavy atom. The maximum atomic E-state index is 12.4. The van der Waals surface area contributed by atoms with Gasteiger partial charge in [0.1, 0.15) is 11.5 Å². The molecule has 0 atom stereocenters. The molecule has 1 heterocycles. The van der Waals surface area contributed by atoms with Gasteiger partial charge in [0, 0.05) is 20.2 Å². The third kappa shape index (κ3) is 3.01. The van der Waals surface area contributed by atoms with E-state index in [4.69, 9.17) is 9.47 Å². The number of benzene rings is 2. The van der Waals surface area contributed by atoms with E-state index in [-0.39, 0.29) is 11.5 Å². The summed E-state index contributed by atoms with van der Waals surface area (Å²) in [6, 6.07) is 12.5. The smallest absolute Gasteiger partial charge is 0.414 e. The summed E-state index contributed by atoms with van der Waals surface area (Å²) in [7, 11) is 3.19. The number of hydrogen-bond donors (Lipinski definition) is 0. The van der Waals surface area contributed by atoms with Gasteiger partial charge in [0.05, 0.1) is 5.56 Å². The second kappa shape index (κ2) is 6.20. The summed E-state index contributed by atoms with van der Waals surface area (Å²) in [6.07, 6.45) is 1.23. The lowest BCUT2D eigenvalue weighted by atomic mass is 10.1. The van der Waals surface area contributed by atoms with E-state index < -0.39 is 6.09 Å². The van der Waals surface area contributed by atoms with Gasteiger partial charge in [-0.3, -0.25) is 4.79 Å². The Balaban J connectivity index is 1.88. The highest BCUT2D eigenvalue weighted by atomic mass is 16.6. The van der Waals surface area contributed by atoms with Gasteiger partial charge in [-0.05, 0) is 36.3 Å². The number of aryl methyl sites for hydroxylation is 1. The SMILES string of the molecule is Cc1ccccc1/C=C1\Oc2cc(OC(=O)N(C)C)ccc2C1=O. The van der Waals surface area contributed by atoms with Crippen LogP contribution < -0.4 is 9.47 Å². The predicted octanol–water partition coefficient (Wildman–Crippen LogP) is 3.67. The zero-order valence-electron chi connectivity index (χ0n) is 13.7. The Hall–Kier alpha value is -3.08. The Morgan fingerprint density at radius 2 is 1.92 bits per heavy atom. The second-order valence-corrected chi connectivity index (χ2v) is 5.72. The predicted molar refractivity (Wildman–Crippen MR) is 90.3 cm³/mol. The molecule has 122 valence electrons. The monoisotopic (exact) mass is 323 g/mol. The molecule has 0 radical (unpaired) electrons. The topological polar surface area (TPSA) is 55.8 Å². The number of Topliss-reactive ketones (excluding diaryl/α,β-unsaturated/α-hetero) is 1. The summed E-state index contributed by atoms with van der Waals surface area (Å²) in [4.78, 5) is 25.4. The number of amides is 1. The van der Waals surface area contributed by atoms with Crippen molar-refractivity contribution in [1.82, 2.24) is 4.90 Å². The fraction of sp³-hybridized carbons (Fsp3) is 0.158. The molecule has 0 aromatic heterocycles. The molecule has 0 bridgehead atoms. The lowest BCUT2D eigenvalue weighted by Crippen LogP contribution is -2.25. The Morgan fingerprint density at radius 3 is 2.62 bits per heavy atom. The number of allylic oxidation sites excluding steroid dienone is 1. The van der Waals surface area contributed by atoms with Crippen molar-refractivity contribution in [2.45, 2.75) is 6.92 Å². The van der Waals surface area contributed by atoms with E-state index in [1.165, 1.54) is 4.90 Å². The highest BCUT2D eigenvalue weighted by molar-refractivity contribution is 6.14. The van der Waals surface area contributed by atoms with Crippen LogP contribution in [0.2, 0.25) is 0 Å². The molecule has 5 nitrogen and oxygen atoms in total. The third-order valence-electron chi connectivity index (χ3n) is 3.69. The van der Waals surface area contributed by atoms with E-state index in [9.17, 15) is 9.59 Å². The maximum Gasteiger partial charge on any atom is 0.414 e. The Labute approximate surface area is 140 Å². The van der Waals surface area contributed by atoms with Crippen LogP contribution in [0.5, 0.6) is 11.5 Å². The number of carbonyl (C=O) groups excluding carboxylic acids is 2. The fourth-order valence-corrected chi connectivity index (χ4v) is 2.31. The number of fused-ring (bicyclic) bond motifs is 1. The summed E-state index contributed by atoms with van der Waals surface area (Å²) >= 11 is 0. The molecular formula is C19H17NO4. The number of ketones is 1. The molecule has 0 saturated heterocycles. The minimum atomic E-state index is -0.491. The molecule has 0 unspecified atom stereocenters. The highest BCUT2D eigenvalue weighted by Gasteiger charge is 2.28. The van der Waals surface area contributed by atoms with Gasteiger partial charge in [-0.2, -0.15) is 0 Å². The van der Waals surface area contributed by atoms with Crippen LogP contribution in [-0.4, -0.2) is 30.9 Å². The third-order valence-corrected chi connectivity index (χ3v) is 3.69. The van der Waals surface area contributed by atoms with Crippen molar-refractivity contribution in [3.63, 3.8) is 0 Å². The number of nitrogens with zero attached hydrogens (tertiary/aromatic N) is 1. The van der Waals surface area contributed by atoms with Crippen molar-refractivity contribution in [2.24, 2.45) is 0 Å². The molecule has 2 aromatic rings. The van der Waals surface area contributed by atoms with Gasteiger partial charge >= 0.3 is 6.09 Å². The first-order chi connectivity index (χ1) is 11.5. The molecule has 0 saturated carbocycles. The molecule has 5 heteroatoms. The molecule has 0 spiro atoms. The van der Waals surface area contributed by atoms with E-state index >= 15 is 0 Å². The standard InChI is InChI=1S/C19H17NO4/c1-12-6-4-5-7-13(12)10-17-18(21)15-9-8-14(11-16(15)24-17)23-19(22)20(2)3/h4-11H,1-3H3/b17-10-. The first-order valence-corrected chi connectivity index (χ1v) is 7.49. The summed E-state index contributed by atoms with van der Waals surface area (Å²) in [5, 5.41) is 0. The van der Waals surface area contributed by atoms with Gasteiger partial charge in [0.25, 0.3) is 0 Å². The van der Waals surface area contributed by atoms with Crippen LogP contribution >= 0.6 is 0 Å². The minimum Gasteiger partial charge on any atom is -0.452 e. The Bertz CT molecular complexity index is 852. The van der Waals surface area contributed by atoms with Crippen LogP contribution in [0.1, 0.15) is 21.5 Å². The van der Waals surface area contributed by atoms with Gasteiger partial charge in [-0.1, -0.05) is 24.3 Å². The summed E-state index contributed by atoms with van der Waals surface area (Å²) in [5.41, 5.74) is 2.44. The van der Waals surface area contributed by atoms with Crippen LogP contribution in [0.15, 0.2) is 48.2 Å². The normalized spacial score (nSPS) is 14.3. The van der Waals surface area contributed by atoms with E-state index in [0.717, 1.165) is 11.1 Å². The van der Waals surface area contributed by atoms with Crippen molar-refractivity contribution in [1.29, 1.82) is 0 Å². The number of ether oxygens (including phenoxy) is 2. The fourth-order valence-electron chi connectivity index (χ4n) is 2.31. The molecule has 24 heavy (non-hydrogen) atoms. The van der Waals surface area contributed by atoms with E-state index in [1.54, 1.807) is 38.4 Å². The first-order valence-electron chi connectivity index (χ1n) is 7.49. The molecule has 1 aliphatic rings. The van der Waals surface area contributed by atoms with Crippen LogP contribution in [0.3, 0.4) is 0 Å². The van der Waals surface area contributed by atoms with Gasteiger partial charge in [-0.25, -0.2) is 4.79 Å². The van der Waals surface area contributed by atoms with Crippen molar-refractivity contribution >= 4 is 18.0 Å². The van der Waals surface area contributed by atoms with Crippen LogP contribution in [0.4, 0.5) is 4.79 Å². The summed E-state index contributed by atoms with van der Waals surface area (Å²) < 4.78 is 10.9. The zero-order chi connectivity index (χ0) is 17.3. The van der Waals surface area contributed by atoms with Gasteiger partial charge < -0.3 is 14.4 Å². The van der Waals surface area contributed by atoms with E-state index in [1.807, 2.05) is 31.2 Å². The van der Waals surface area contributed by atoms with Crippen molar-refractivity contribution in [2.75, 3.05) is 14.1 Å². The minimum absolute atomic E-state index is 0.182. The second-order valence-electron chi connectivity index (χ2n) is 5.72. The van der Waals surface area contributed by atoms with Crippen molar-refractivity contribution in [3.05, 3.63) is 64.9 Å². The Kier molecular flexibility index (Phi) is 4.08. The number of carbonyl (C=O) groups is 2. The van der Waals surface area contributed by atoms with E-state index in [2.05, 4.69) is 0 Å². The molecule has 1 amide bonds. The van der Waals surface area contributed by atoms with Crippen molar-refractivity contribution < 1.29 is 19.1 Å². The summed E-state index contributed by atoms with van der Waals surface area (Å²) in [6.45, 7) is 1.97. The lowest BCUT2D eigenvalue weighted by Gasteiger charge is -2.10. The largest absolute Gasteiger partial charge is 0.452 e. The zero-order valence-corrected chi connectivity index (χ0v) is 13.7. The van der Waals surface area contributed by atoms with Crippen LogP contribution in [0.25, 0.3) is 6.08 Å². The molecule has 1 aliphatic heterocycles. The average Bonchev–Trinajstić information content (AvgIpc) is 2.85.